The van der Waals surface area contributed by atoms with Gasteiger partial charge in [0.25, 0.3) is 0 Å². The zero-order valence-corrected chi connectivity index (χ0v) is 9.63. The number of nitrogens with two attached hydrogens (primary N) is 2. The molecule has 1 aliphatic rings. The first kappa shape index (κ1) is 11.8. The second-order valence-electron chi connectivity index (χ2n) is 4.28. The molecule has 7 nitrogen and oxygen atoms in total. The van der Waals surface area contributed by atoms with Gasteiger partial charge in [-0.15, -0.1) is 5.10 Å². The molecule has 1 amide bonds. The summed E-state index contributed by atoms with van der Waals surface area (Å²) >= 11 is 0. The molecule has 17 heavy (non-hydrogen) atoms. The Hall–Kier alpha value is -1.63. The number of carbonyl (C=O) groups is 1. The molecule has 0 atom stereocenters. The minimum atomic E-state index is -0.230. The molecular formula is C10H17N5O2. The summed E-state index contributed by atoms with van der Waals surface area (Å²) in [6, 6.07) is 0.517. The van der Waals surface area contributed by atoms with Gasteiger partial charge in [-0.1, -0.05) is 5.10 Å². The van der Waals surface area contributed by atoms with E-state index in [-0.39, 0.29) is 12.5 Å². The quantitative estimate of drug-likeness (QED) is 0.740. The van der Waals surface area contributed by atoms with Crippen LogP contribution in [0.3, 0.4) is 0 Å². The Morgan fingerprint density at radius 1 is 1.41 bits per heavy atom. The highest BCUT2D eigenvalue weighted by molar-refractivity contribution is 5.74. The van der Waals surface area contributed by atoms with Gasteiger partial charge in [0.05, 0.1) is 6.54 Å². The summed E-state index contributed by atoms with van der Waals surface area (Å²) in [5.41, 5.74) is 10.6. The van der Waals surface area contributed by atoms with Crippen molar-refractivity contribution in [2.45, 2.75) is 25.8 Å². The first-order valence-corrected chi connectivity index (χ1v) is 5.74. The molecule has 94 valence electrons. The minimum absolute atomic E-state index is 0.230. The molecule has 1 saturated heterocycles. The third-order valence-electron chi connectivity index (χ3n) is 3.01. The van der Waals surface area contributed by atoms with Crippen molar-refractivity contribution in [2.24, 2.45) is 17.4 Å². The van der Waals surface area contributed by atoms with E-state index >= 15 is 0 Å². The maximum absolute atomic E-state index is 10.8. The fourth-order valence-electron chi connectivity index (χ4n) is 2.07. The molecule has 0 saturated carbocycles. The average Bonchev–Trinajstić information content (AvgIpc) is 2.78. The van der Waals surface area contributed by atoms with Gasteiger partial charge in [-0.3, -0.25) is 4.79 Å². The summed E-state index contributed by atoms with van der Waals surface area (Å²) in [5, 5.41) is 7.75. The zero-order chi connectivity index (χ0) is 12.3. The number of rotatable bonds is 4. The summed E-state index contributed by atoms with van der Waals surface area (Å²) in [7, 11) is 0. The van der Waals surface area contributed by atoms with Crippen LogP contribution in [-0.2, 0) is 11.3 Å². The molecule has 0 aliphatic carbocycles. The molecule has 1 aromatic rings. The first-order valence-electron chi connectivity index (χ1n) is 5.74. The van der Waals surface area contributed by atoms with E-state index in [1.807, 2.05) is 4.90 Å². The van der Waals surface area contributed by atoms with Crippen LogP contribution < -0.4 is 16.4 Å². The van der Waals surface area contributed by atoms with E-state index in [9.17, 15) is 4.79 Å². The molecule has 4 N–H and O–H groups in total. The predicted molar refractivity (Wildman–Crippen MR) is 60.9 cm³/mol. The summed E-state index contributed by atoms with van der Waals surface area (Å²) in [4.78, 5) is 12.8. The van der Waals surface area contributed by atoms with E-state index in [1.165, 1.54) is 0 Å². The molecule has 0 radical (unpaired) electrons. The number of piperidine rings is 1. The van der Waals surface area contributed by atoms with Crippen LogP contribution in [0.5, 0.6) is 0 Å². The van der Waals surface area contributed by atoms with Crippen LogP contribution in [0, 0.1) is 5.92 Å². The van der Waals surface area contributed by atoms with Crippen LogP contribution in [-0.4, -0.2) is 29.2 Å². The minimum Gasteiger partial charge on any atom is -0.407 e. The van der Waals surface area contributed by atoms with Crippen molar-refractivity contribution < 1.29 is 9.21 Å². The van der Waals surface area contributed by atoms with Gasteiger partial charge < -0.3 is 20.8 Å². The monoisotopic (exact) mass is 239 g/mol. The van der Waals surface area contributed by atoms with Gasteiger partial charge in [-0.05, 0) is 18.8 Å². The van der Waals surface area contributed by atoms with Crippen molar-refractivity contribution in [2.75, 3.05) is 18.0 Å². The zero-order valence-electron chi connectivity index (χ0n) is 9.63. The maximum Gasteiger partial charge on any atom is 0.318 e. The number of nitrogens with zero attached hydrogens (tertiary/aromatic N) is 3. The number of hydrogen-bond acceptors (Lipinski definition) is 6. The molecule has 1 aromatic heterocycles. The molecule has 7 heteroatoms. The first-order chi connectivity index (χ1) is 8.19. The van der Waals surface area contributed by atoms with Crippen LogP contribution in [0.4, 0.5) is 6.01 Å². The number of carbonyl (C=O) groups excluding carboxylic acids is 1. The Morgan fingerprint density at radius 2 is 2.12 bits per heavy atom. The summed E-state index contributed by atoms with van der Waals surface area (Å²) in [6.07, 6.45) is 2.30. The SMILES string of the molecule is NCc1nnc(N2CCC(CC(N)=O)CC2)o1. The summed E-state index contributed by atoms with van der Waals surface area (Å²) < 4.78 is 5.38. The van der Waals surface area contributed by atoms with E-state index in [2.05, 4.69) is 10.2 Å². The van der Waals surface area contributed by atoms with E-state index < -0.39 is 0 Å². The fourth-order valence-corrected chi connectivity index (χ4v) is 2.07. The lowest BCUT2D eigenvalue weighted by Crippen LogP contribution is -2.35. The third-order valence-corrected chi connectivity index (χ3v) is 3.01. The molecule has 2 heterocycles. The Morgan fingerprint density at radius 3 is 2.65 bits per heavy atom. The maximum atomic E-state index is 10.8. The summed E-state index contributed by atoms with van der Waals surface area (Å²) in [5.74, 6) is 0.589. The molecule has 0 unspecified atom stereocenters. The van der Waals surface area contributed by atoms with Crippen molar-refractivity contribution in [3.8, 4) is 0 Å². The van der Waals surface area contributed by atoms with Gasteiger partial charge in [0, 0.05) is 19.5 Å². The molecule has 2 rings (SSSR count). The molecule has 0 spiro atoms. The molecular weight excluding hydrogens is 222 g/mol. The smallest absolute Gasteiger partial charge is 0.318 e. The Labute approximate surface area is 99.1 Å². The second-order valence-corrected chi connectivity index (χ2v) is 4.28. The van der Waals surface area contributed by atoms with E-state index in [1.54, 1.807) is 0 Å². The Kier molecular flexibility index (Phi) is 3.58. The molecule has 1 aliphatic heterocycles. The number of primary amides is 1. The lowest BCUT2D eigenvalue weighted by atomic mass is 9.93. The molecule has 0 aromatic carbocycles. The van der Waals surface area contributed by atoms with Gasteiger partial charge in [0.1, 0.15) is 0 Å². The number of aromatic nitrogens is 2. The van der Waals surface area contributed by atoms with Gasteiger partial charge >= 0.3 is 6.01 Å². The Bertz CT molecular complexity index is 384. The predicted octanol–water partition coefficient (Wildman–Crippen LogP) is -0.380. The van der Waals surface area contributed by atoms with Gasteiger partial charge in [-0.25, -0.2) is 0 Å². The molecule has 0 bridgehead atoms. The lowest BCUT2D eigenvalue weighted by Gasteiger charge is -2.29. The highest BCUT2D eigenvalue weighted by Crippen LogP contribution is 2.23. The van der Waals surface area contributed by atoms with Crippen molar-refractivity contribution in [3.63, 3.8) is 0 Å². The second kappa shape index (κ2) is 5.13. The van der Waals surface area contributed by atoms with Gasteiger partial charge in [0.15, 0.2) is 0 Å². The van der Waals surface area contributed by atoms with Crippen molar-refractivity contribution in [1.29, 1.82) is 0 Å². The van der Waals surface area contributed by atoms with E-state index in [0.29, 0.717) is 24.2 Å². The third kappa shape index (κ3) is 2.94. The topological polar surface area (TPSA) is 111 Å². The van der Waals surface area contributed by atoms with E-state index in [4.69, 9.17) is 15.9 Å². The normalized spacial score (nSPS) is 17.4. The highest BCUT2D eigenvalue weighted by Gasteiger charge is 2.23. The fraction of sp³-hybridized carbons (Fsp3) is 0.700. The number of amides is 1. The van der Waals surface area contributed by atoms with Crippen LogP contribution >= 0.6 is 0 Å². The van der Waals surface area contributed by atoms with Crippen LogP contribution in [0.2, 0.25) is 0 Å². The molecule has 1 fully saturated rings. The number of hydrogen-bond donors (Lipinski definition) is 2. The highest BCUT2D eigenvalue weighted by atomic mass is 16.4. The average molecular weight is 239 g/mol. The van der Waals surface area contributed by atoms with Crippen LogP contribution in [0.15, 0.2) is 4.42 Å². The largest absolute Gasteiger partial charge is 0.407 e. The standard InChI is InChI=1S/C10H17N5O2/c11-6-9-13-14-10(17-9)15-3-1-7(2-4-15)5-8(12)16/h7H,1-6,11H2,(H2,12,16). The Balaban J connectivity index is 1.88. The van der Waals surface area contributed by atoms with Gasteiger partial charge in [-0.2, -0.15) is 0 Å². The van der Waals surface area contributed by atoms with Gasteiger partial charge in [0.2, 0.25) is 11.8 Å². The van der Waals surface area contributed by atoms with E-state index in [0.717, 1.165) is 25.9 Å². The number of anilines is 1. The van der Waals surface area contributed by atoms with Crippen molar-refractivity contribution >= 4 is 11.9 Å². The summed E-state index contributed by atoms with van der Waals surface area (Å²) in [6.45, 7) is 1.87. The van der Waals surface area contributed by atoms with Crippen LogP contribution in [0.1, 0.15) is 25.2 Å². The van der Waals surface area contributed by atoms with Crippen LogP contribution in [0.25, 0.3) is 0 Å². The van der Waals surface area contributed by atoms with Crippen molar-refractivity contribution in [1.82, 2.24) is 10.2 Å². The lowest BCUT2D eigenvalue weighted by molar-refractivity contribution is -0.119. The van der Waals surface area contributed by atoms with Crippen molar-refractivity contribution in [3.05, 3.63) is 5.89 Å².